The summed E-state index contributed by atoms with van der Waals surface area (Å²) in [6, 6.07) is 15.6. The van der Waals surface area contributed by atoms with Gasteiger partial charge < -0.3 is 10.3 Å². The smallest absolute Gasteiger partial charge is 0.252 e. The Morgan fingerprint density at radius 2 is 1.77 bits per heavy atom. The molecule has 0 aliphatic carbocycles. The van der Waals surface area contributed by atoms with Crippen molar-refractivity contribution in [2.75, 3.05) is 11.1 Å². The number of halogens is 2. The minimum atomic E-state index is -0.275. The highest BCUT2D eigenvalue weighted by molar-refractivity contribution is 7.99. The average molecular weight is 406 g/mol. The van der Waals surface area contributed by atoms with E-state index < -0.39 is 0 Å². The lowest BCUT2D eigenvalue weighted by atomic mass is 10.1. The Labute approximate surface area is 163 Å². The fraction of sp³-hybridized carbons (Fsp3) is 0.0556. The molecule has 132 valence electrons. The van der Waals surface area contributed by atoms with Gasteiger partial charge in [-0.2, -0.15) is 0 Å². The maximum atomic E-state index is 12.1. The number of hydrogen-bond donors (Lipinski definition) is 2. The Bertz CT molecular complexity index is 973. The first-order valence-corrected chi connectivity index (χ1v) is 9.29. The van der Waals surface area contributed by atoms with Gasteiger partial charge in [-0.15, -0.1) is 0 Å². The van der Waals surface area contributed by atoms with Gasteiger partial charge in [0.05, 0.1) is 11.4 Å². The molecule has 3 rings (SSSR count). The van der Waals surface area contributed by atoms with E-state index in [0.717, 1.165) is 17.3 Å². The predicted molar refractivity (Wildman–Crippen MR) is 106 cm³/mol. The number of aromatic amines is 1. The lowest BCUT2D eigenvalue weighted by Gasteiger charge is -2.07. The topological polar surface area (TPSA) is 74.8 Å². The Balaban J connectivity index is 1.68. The van der Waals surface area contributed by atoms with Gasteiger partial charge in [0.1, 0.15) is 0 Å². The van der Waals surface area contributed by atoms with E-state index in [1.54, 1.807) is 18.2 Å². The van der Waals surface area contributed by atoms with Crippen LogP contribution in [0.3, 0.4) is 0 Å². The Hall–Kier alpha value is -2.28. The van der Waals surface area contributed by atoms with Gasteiger partial charge in [-0.3, -0.25) is 9.59 Å². The van der Waals surface area contributed by atoms with Crippen molar-refractivity contribution in [3.05, 3.63) is 75.0 Å². The monoisotopic (exact) mass is 405 g/mol. The van der Waals surface area contributed by atoms with Crippen molar-refractivity contribution in [2.24, 2.45) is 0 Å². The summed E-state index contributed by atoms with van der Waals surface area (Å²) < 4.78 is 0. The van der Waals surface area contributed by atoms with Crippen LogP contribution in [-0.4, -0.2) is 21.6 Å². The van der Waals surface area contributed by atoms with E-state index in [9.17, 15) is 9.59 Å². The van der Waals surface area contributed by atoms with Crippen LogP contribution < -0.4 is 10.9 Å². The lowest BCUT2D eigenvalue weighted by molar-refractivity contribution is -0.113. The van der Waals surface area contributed by atoms with E-state index >= 15 is 0 Å². The van der Waals surface area contributed by atoms with Crippen molar-refractivity contribution in [3.8, 4) is 11.3 Å². The van der Waals surface area contributed by atoms with Crippen LogP contribution in [0.2, 0.25) is 10.0 Å². The summed E-state index contributed by atoms with van der Waals surface area (Å²) in [7, 11) is 0. The zero-order chi connectivity index (χ0) is 18.5. The third kappa shape index (κ3) is 5.11. The molecule has 0 radical (unpaired) electrons. The number of thioether (sulfide) groups is 1. The van der Waals surface area contributed by atoms with Crippen molar-refractivity contribution < 1.29 is 4.79 Å². The molecule has 0 aliphatic rings. The van der Waals surface area contributed by atoms with Gasteiger partial charge in [0.15, 0.2) is 5.16 Å². The first-order chi connectivity index (χ1) is 12.5. The number of carbonyl (C=O) groups excluding carboxylic acids is 1. The molecule has 1 aromatic heterocycles. The van der Waals surface area contributed by atoms with E-state index in [0.29, 0.717) is 26.6 Å². The van der Waals surface area contributed by atoms with Crippen LogP contribution in [0.15, 0.2) is 64.5 Å². The van der Waals surface area contributed by atoms with Crippen LogP contribution in [0.25, 0.3) is 11.3 Å². The standard InChI is InChI=1S/C18H13Cl2N3O2S/c19-12-6-13(20)8-14(7-12)21-17(25)10-26-18-22-15(9-16(24)23-18)11-4-2-1-3-5-11/h1-9H,10H2,(H,21,25)(H,22,23,24). The van der Waals surface area contributed by atoms with Gasteiger partial charge in [0.25, 0.3) is 5.56 Å². The van der Waals surface area contributed by atoms with Gasteiger partial charge >= 0.3 is 0 Å². The zero-order valence-corrected chi connectivity index (χ0v) is 15.7. The van der Waals surface area contributed by atoms with Crippen LogP contribution in [0.1, 0.15) is 0 Å². The molecule has 5 nitrogen and oxygen atoms in total. The van der Waals surface area contributed by atoms with Gasteiger partial charge in [-0.25, -0.2) is 4.98 Å². The minimum absolute atomic E-state index is 0.0747. The molecule has 0 bridgehead atoms. The quantitative estimate of drug-likeness (QED) is 0.484. The molecular weight excluding hydrogens is 393 g/mol. The van der Waals surface area contributed by atoms with Crippen LogP contribution in [0, 0.1) is 0 Å². The molecule has 1 heterocycles. The lowest BCUT2D eigenvalue weighted by Crippen LogP contribution is -2.15. The third-order valence-corrected chi connectivity index (χ3v) is 4.59. The van der Waals surface area contributed by atoms with Crippen LogP contribution >= 0.6 is 35.0 Å². The Morgan fingerprint density at radius 1 is 1.08 bits per heavy atom. The maximum absolute atomic E-state index is 12.1. The number of nitrogens with one attached hydrogen (secondary N) is 2. The van der Waals surface area contributed by atoms with Gasteiger partial charge in [0.2, 0.25) is 5.91 Å². The fourth-order valence-electron chi connectivity index (χ4n) is 2.22. The van der Waals surface area contributed by atoms with Crippen molar-refractivity contribution >= 4 is 46.6 Å². The van der Waals surface area contributed by atoms with E-state index in [4.69, 9.17) is 23.2 Å². The molecule has 3 aromatic rings. The second kappa shape index (κ2) is 8.40. The molecule has 0 spiro atoms. The number of hydrogen-bond acceptors (Lipinski definition) is 4. The molecule has 0 atom stereocenters. The molecule has 0 saturated heterocycles. The largest absolute Gasteiger partial charge is 0.325 e. The second-order valence-corrected chi connectivity index (χ2v) is 7.13. The maximum Gasteiger partial charge on any atom is 0.252 e. The highest BCUT2D eigenvalue weighted by atomic mass is 35.5. The molecule has 0 unspecified atom stereocenters. The van der Waals surface area contributed by atoms with Gasteiger partial charge in [0, 0.05) is 27.4 Å². The summed E-state index contributed by atoms with van der Waals surface area (Å²) in [5, 5.41) is 3.94. The third-order valence-electron chi connectivity index (χ3n) is 3.28. The minimum Gasteiger partial charge on any atom is -0.325 e. The van der Waals surface area contributed by atoms with E-state index in [-0.39, 0.29) is 17.2 Å². The molecular formula is C18H13Cl2N3O2S. The Morgan fingerprint density at radius 3 is 2.46 bits per heavy atom. The van der Waals surface area contributed by atoms with Crippen molar-refractivity contribution in [3.63, 3.8) is 0 Å². The molecule has 2 N–H and O–H groups in total. The van der Waals surface area contributed by atoms with Crippen LogP contribution in [0.5, 0.6) is 0 Å². The SMILES string of the molecule is O=C(CSc1nc(-c2ccccc2)cc(=O)[nH]1)Nc1cc(Cl)cc(Cl)c1. The molecule has 2 aromatic carbocycles. The number of H-pyrrole nitrogens is 1. The highest BCUT2D eigenvalue weighted by Crippen LogP contribution is 2.23. The molecule has 1 amide bonds. The van der Waals surface area contributed by atoms with Gasteiger partial charge in [-0.05, 0) is 18.2 Å². The number of anilines is 1. The summed E-state index contributed by atoms with van der Waals surface area (Å²) in [6.45, 7) is 0. The molecule has 0 fully saturated rings. The zero-order valence-electron chi connectivity index (χ0n) is 13.3. The highest BCUT2D eigenvalue weighted by Gasteiger charge is 2.09. The van der Waals surface area contributed by atoms with E-state index in [1.807, 2.05) is 30.3 Å². The molecule has 0 aliphatic heterocycles. The van der Waals surface area contributed by atoms with E-state index in [1.165, 1.54) is 6.07 Å². The summed E-state index contributed by atoms with van der Waals surface area (Å²) in [6.07, 6.45) is 0. The predicted octanol–water partition coefficient (Wildman–Crippen LogP) is 4.47. The first kappa shape index (κ1) is 18.5. The van der Waals surface area contributed by atoms with Gasteiger partial charge in [-0.1, -0.05) is 65.3 Å². The number of rotatable bonds is 5. The number of carbonyl (C=O) groups is 1. The van der Waals surface area contributed by atoms with E-state index in [2.05, 4.69) is 15.3 Å². The summed E-state index contributed by atoms with van der Waals surface area (Å²) in [5.74, 6) is -0.188. The van der Waals surface area contributed by atoms with Crippen LogP contribution in [0.4, 0.5) is 5.69 Å². The second-order valence-electron chi connectivity index (χ2n) is 5.30. The van der Waals surface area contributed by atoms with Crippen LogP contribution in [-0.2, 0) is 4.79 Å². The summed E-state index contributed by atoms with van der Waals surface area (Å²) in [4.78, 5) is 31.0. The summed E-state index contributed by atoms with van der Waals surface area (Å²) in [5.41, 5.74) is 1.62. The normalized spacial score (nSPS) is 10.5. The van der Waals surface area contributed by atoms with Crippen molar-refractivity contribution in [1.82, 2.24) is 9.97 Å². The van der Waals surface area contributed by atoms with Crippen molar-refractivity contribution in [1.29, 1.82) is 0 Å². The molecule has 8 heteroatoms. The molecule has 26 heavy (non-hydrogen) atoms. The molecule has 0 saturated carbocycles. The fourth-order valence-corrected chi connectivity index (χ4v) is 3.42. The summed E-state index contributed by atoms with van der Waals surface area (Å²) >= 11 is 13.0. The number of amides is 1. The average Bonchev–Trinajstić information content (AvgIpc) is 2.59. The Kier molecular flexibility index (Phi) is 5.98. The first-order valence-electron chi connectivity index (χ1n) is 7.55. The number of aromatic nitrogens is 2. The number of benzene rings is 2. The van der Waals surface area contributed by atoms with Crippen molar-refractivity contribution in [2.45, 2.75) is 5.16 Å². The number of nitrogens with zero attached hydrogens (tertiary/aromatic N) is 1.